The molecule has 0 aromatic heterocycles. The average Bonchev–Trinajstić information content (AvgIpc) is 2.09. The Morgan fingerprint density at radius 3 is 2.00 bits per heavy atom. The number of halogens is 2. The summed E-state index contributed by atoms with van der Waals surface area (Å²) in [5, 5.41) is 8.45. The maximum Gasteiger partial charge on any atom is 0.323 e. The van der Waals surface area contributed by atoms with Crippen LogP contribution < -0.4 is 5.73 Å². The fraction of sp³-hybridized carbons (Fsp3) is 0.833. The molecule has 1 aliphatic carbocycles. The highest BCUT2D eigenvalue weighted by atomic mass is 19.2. The van der Waals surface area contributed by atoms with Gasteiger partial charge in [-0.3, -0.25) is 4.79 Å². The van der Waals surface area contributed by atoms with Crippen LogP contribution >= 0.6 is 0 Å². The Bertz CT molecular complexity index is 175. The molecule has 0 heterocycles. The Kier molecular flexibility index (Phi) is 1.83. The molecule has 0 spiro atoms. The average molecular weight is 165 g/mol. The van der Waals surface area contributed by atoms with Crippen LogP contribution in [0, 0.1) is 0 Å². The Balaban J connectivity index is 2.71. The number of carboxylic acids is 1. The molecule has 1 rings (SSSR count). The Morgan fingerprint density at radius 2 is 1.82 bits per heavy atom. The van der Waals surface area contributed by atoms with Gasteiger partial charge in [-0.25, -0.2) is 8.78 Å². The van der Waals surface area contributed by atoms with E-state index in [0.29, 0.717) is 0 Å². The van der Waals surface area contributed by atoms with Crippen molar-refractivity contribution >= 4 is 5.97 Å². The normalized spacial score (nSPS) is 44.3. The summed E-state index contributed by atoms with van der Waals surface area (Å²) < 4.78 is 24.9. The molecule has 0 unspecified atom stereocenters. The summed E-state index contributed by atoms with van der Waals surface area (Å²) in [6.07, 6.45) is -4.31. The van der Waals surface area contributed by atoms with Gasteiger partial charge in [0.15, 0.2) is 0 Å². The lowest BCUT2D eigenvalue weighted by Gasteiger charge is -2.15. The lowest BCUT2D eigenvalue weighted by Crippen LogP contribution is -2.45. The molecule has 0 saturated heterocycles. The van der Waals surface area contributed by atoms with E-state index in [1.807, 2.05) is 0 Å². The van der Waals surface area contributed by atoms with E-state index < -0.39 is 36.7 Å². The molecule has 11 heavy (non-hydrogen) atoms. The molecule has 3 atom stereocenters. The van der Waals surface area contributed by atoms with Crippen molar-refractivity contribution in [1.82, 2.24) is 0 Å². The third-order valence-corrected chi connectivity index (χ3v) is 1.94. The number of aliphatic carboxylic acids is 1. The first kappa shape index (κ1) is 8.39. The van der Waals surface area contributed by atoms with E-state index in [1.165, 1.54) is 0 Å². The molecule has 0 amide bonds. The fourth-order valence-corrected chi connectivity index (χ4v) is 1.21. The van der Waals surface area contributed by atoms with Crippen LogP contribution in [0.15, 0.2) is 0 Å². The third kappa shape index (κ3) is 1.33. The second kappa shape index (κ2) is 2.41. The Hall–Kier alpha value is -0.710. The van der Waals surface area contributed by atoms with Gasteiger partial charge in [-0.15, -0.1) is 0 Å². The van der Waals surface area contributed by atoms with Crippen molar-refractivity contribution < 1.29 is 18.7 Å². The molecular weight excluding hydrogens is 156 g/mol. The lowest BCUT2D eigenvalue weighted by atomic mass is 10.00. The van der Waals surface area contributed by atoms with Crippen molar-refractivity contribution in [1.29, 1.82) is 0 Å². The SMILES string of the molecule is N[C@@]1(C(=O)O)C[C@@H](F)[C@@H](F)C1. The molecule has 0 aromatic carbocycles. The topological polar surface area (TPSA) is 63.3 Å². The number of hydrogen-bond donors (Lipinski definition) is 2. The smallest absolute Gasteiger partial charge is 0.323 e. The molecule has 0 aromatic rings. The maximum atomic E-state index is 12.5. The molecule has 1 fully saturated rings. The van der Waals surface area contributed by atoms with Crippen molar-refractivity contribution in [3.63, 3.8) is 0 Å². The van der Waals surface area contributed by atoms with Gasteiger partial charge < -0.3 is 10.8 Å². The predicted molar refractivity (Wildman–Crippen MR) is 33.6 cm³/mol. The maximum absolute atomic E-state index is 12.5. The van der Waals surface area contributed by atoms with Crippen molar-refractivity contribution in [2.24, 2.45) is 5.73 Å². The second-order valence-corrected chi connectivity index (χ2v) is 2.90. The van der Waals surface area contributed by atoms with E-state index >= 15 is 0 Å². The molecule has 0 bridgehead atoms. The summed E-state index contributed by atoms with van der Waals surface area (Å²) in [7, 11) is 0. The van der Waals surface area contributed by atoms with Crippen molar-refractivity contribution in [2.75, 3.05) is 0 Å². The minimum absolute atomic E-state index is 0.427. The van der Waals surface area contributed by atoms with Gasteiger partial charge in [0.2, 0.25) is 0 Å². The van der Waals surface area contributed by atoms with Gasteiger partial charge >= 0.3 is 5.97 Å². The van der Waals surface area contributed by atoms with Gasteiger partial charge in [0, 0.05) is 12.8 Å². The van der Waals surface area contributed by atoms with Crippen LogP contribution in [-0.2, 0) is 4.79 Å². The van der Waals surface area contributed by atoms with E-state index in [9.17, 15) is 13.6 Å². The minimum Gasteiger partial charge on any atom is -0.480 e. The Labute approximate surface area is 62.2 Å². The summed E-state index contributed by atoms with van der Waals surface area (Å²) >= 11 is 0. The number of carbonyl (C=O) groups is 1. The molecule has 3 N–H and O–H groups in total. The van der Waals surface area contributed by atoms with E-state index in [1.54, 1.807) is 0 Å². The fourth-order valence-electron chi connectivity index (χ4n) is 1.21. The van der Waals surface area contributed by atoms with E-state index in [4.69, 9.17) is 10.8 Å². The van der Waals surface area contributed by atoms with Gasteiger partial charge in [0.1, 0.15) is 17.9 Å². The lowest BCUT2D eigenvalue weighted by molar-refractivity contribution is -0.143. The number of nitrogens with two attached hydrogens (primary N) is 1. The van der Waals surface area contributed by atoms with Crippen LogP contribution in [0.1, 0.15) is 12.8 Å². The van der Waals surface area contributed by atoms with E-state index in [-0.39, 0.29) is 0 Å². The number of hydrogen-bond acceptors (Lipinski definition) is 2. The van der Waals surface area contributed by atoms with Gasteiger partial charge in [-0.2, -0.15) is 0 Å². The molecule has 64 valence electrons. The molecule has 1 aliphatic rings. The summed E-state index contributed by atoms with van der Waals surface area (Å²) in [6, 6.07) is 0. The number of rotatable bonds is 1. The summed E-state index contributed by atoms with van der Waals surface area (Å²) in [5.74, 6) is -1.33. The van der Waals surface area contributed by atoms with E-state index in [2.05, 4.69) is 0 Å². The molecule has 0 aliphatic heterocycles. The van der Waals surface area contributed by atoms with E-state index in [0.717, 1.165) is 0 Å². The first-order chi connectivity index (χ1) is 4.96. The van der Waals surface area contributed by atoms with Crippen molar-refractivity contribution in [2.45, 2.75) is 30.7 Å². The third-order valence-electron chi connectivity index (χ3n) is 1.94. The minimum atomic E-state index is -1.73. The quantitative estimate of drug-likeness (QED) is 0.585. The van der Waals surface area contributed by atoms with Gasteiger partial charge in [0.25, 0.3) is 0 Å². The van der Waals surface area contributed by atoms with Crippen molar-refractivity contribution in [3.05, 3.63) is 0 Å². The molecule has 1 saturated carbocycles. The standard InChI is InChI=1S/C6H9F2NO2/c7-3-1-6(9,5(10)11)2-4(3)8/h3-4H,1-2,9H2,(H,10,11)/t3-,4+,6+. The van der Waals surface area contributed by atoms with Gasteiger partial charge in [0.05, 0.1) is 0 Å². The largest absolute Gasteiger partial charge is 0.480 e. The monoisotopic (exact) mass is 165 g/mol. The Morgan fingerprint density at radius 1 is 1.45 bits per heavy atom. The predicted octanol–water partition coefficient (Wildman–Crippen LogP) is 0.238. The molecule has 0 radical (unpaired) electrons. The van der Waals surface area contributed by atoms with Crippen molar-refractivity contribution in [3.8, 4) is 0 Å². The number of carboxylic acid groups (broad SMARTS) is 1. The zero-order chi connectivity index (χ0) is 8.65. The van der Waals surface area contributed by atoms with Crippen LogP contribution in [0.25, 0.3) is 0 Å². The van der Waals surface area contributed by atoms with Crippen LogP contribution in [-0.4, -0.2) is 29.0 Å². The first-order valence-electron chi connectivity index (χ1n) is 3.26. The number of alkyl halides is 2. The highest BCUT2D eigenvalue weighted by Gasteiger charge is 2.48. The van der Waals surface area contributed by atoms with Gasteiger partial charge in [-0.1, -0.05) is 0 Å². The van der Waals surface area contributed by atoms with Gasteiger partial charge in [-0.05, 0) is 0 Å². The summed E-state index contributed by atoms with van der Waals surface area (Å²) in [4.78, 5) is 10.4. The molecular formula is C6H9F2NO2. The van der Waals surface area contributed by atoms with Crippen LogP contribution in [0.3, 0.4) is 0 Å². The zero-order valence-electron chi connectivity index (χ0n) is 5.76. The van der Waals surface area contributed by atoms with Crippen LogP contribution in [0.5, 0.6) is 0 Å². The highest BCUT2D eigenvalue weighted by molar-refractivity contribution is 5.79. The molecule has 3 nitrogen and oxygen atoms in total. The highest BCUT2D eigenvalue weighted by Crippen LogP contribution is 2.32. The first-order valence-corrected chi connectivity index (χ1v) is 3.26. The zero-order valence-corrected chi connectivity index (χ0v) is 5.76. The second-order valence-electron chi connectivity index (χ2n) is 2.90. The van der Waals surface area contributed by atoms with Crippen LogP contribution in [0.4, 0.5) is 8.78 Å². The van der Waals surface area contributed by atoms with Crippen LogP contribution in [0.2, 0.25) is 0 Å². The summed E-state index contributed by atoms with van der Waals surface area (Å²) in [6.45, 7) is 0. The summed E-state index contributed by atoms with van der Waals surface area (Å²) in [5.41, 5.74) is 3.51. The molecule has 5 heteroatoms.